The minimum atomic E-state index is -0.243. The summed E-state index contributed by atoms with van der Waals surface area (Å²) in [5.74, 6) is 0.657. The first kappa shape index (κ1) is 18.4. The van der Waals surface area contributed by atoms with Gasteiger partial charge in [0.15, 0.2) is 0 Å². The standard InChI is InChI=1S/C22H25N3O3/c26-22(23-12-11-16-14-24-19-8-2-1-7-18(16)19)25-20-9-3-4-10-21(20)28-15-17-6-5-13-27-17/h1-4,7-10,14,17,24H,5-6,11-13,15H2,(H2,23,25,26). The summed E-state index contributed by atoms with van der Waals surface area (Å²) >= 11 is 0. The highest BCUT2D eigenvalue weighted by Gasteiger charge is 2.17. The topological polar surface area (TPSA) is 75.4 Å². The first-order valence-electron chi connectivity index (χ1n) is 9.73. The third-order valence-electron chi connectivity index (χ3n) is 4.94. The Bertz CT molecular complexity index is 931. The molecule has 1 aromatic heterocycles. The number of carbonyl (C=O) groups is 1. The molecule has 3 aromatic rings. The molecule has 1 saturated heterocycles. The van der Waals surface area contributed by atoms with Crippen molar-refractivity contribution in [1.29, 1.82) is 0 Å². The number of fused-ring (bicyclic) bond motifs is 1. The smallest absolute Gasteiger partial charge is 0.319 e. The van der Waals surface area contributed by atoms with E-state index in [1.807, 2.05) is 48.7 Å². The SMILES string of the molecule is O=C(NCCc1c[nH]c2ccccc12)Nc1ccccc1OCC1CCCO1. The molecule has 1 fully saturated rings. The number of anilines is 1. The summed E-state index contributed by atoms with van der Waals surface area (Å²) in [6.07, 6.45) is 4.99. The van der Waals surface area contributed by atoms with Gasteiger partial charge in [0.05, 0.1) is 11.8 Å². The highest BCUT2D eigenvalue weighted by molar-refractivity contribution is 5.91. The summed E-state index contributed by atoms with van der Waals surface area (Å²) in [5, 5.41) is 6.99. The number of carbonyl (C=O) groups excluding carboxylic acids is 1. The van der Waals surface area contributed by atoms with E-state index in [0.29, 0.717) is 24.6 Å². The van der Waals surface area contributed by atoms with Crippen molar-refractivity contribution in [3.05, 3.63) is 60.3 Å². The molecule has 6 nitrogen and oxygen atoms in total. The van der Waals surface area contributed by atoms with E-state index in [2.05, 4.69) is 21.7 Å². The Balaban J connectivity index is 1.28. The Labute approximate surface area is 164 Å². The molecular weight excluding hydrogens is 354 g/mol. The minimum Gasteiger partial charge on any atom is -0.489 e. The van der Waals surface area contributed by atoms with Crippen molar-refractivity contribution < 1.29 is 14.3 Å². The number of para-hydroxylation sites is 3. The predicted octanol–water partition coefficient (Wildman–Crippen LogP) is 4.09. The van der Waals surface area contributed by atoms with Crippen molar-refractivity contribution in [3.8, 4) is 5.75 Å². The van der Waals surface area contributed by atoms with Crippen LogP contribution in [-0.2, 0) is 11.2 Å². The summed E-state index contributed by atoms with van der Waals surface area (Å²) in [6.45, 7) is 1.85. The number of nitrogens with one attached hydrogen (secondary N) is 3. The number of rotatable bonds is 7. The lowest BCUT2D eigenvalue weighted by atomic mass is 10.1. The van der Waals surface area contributed by atoms with Crippen LogP contribution in [0.4, 0.5) is 10.5 Å². The monoisotopic (exact) mass is 379 g/mol. The van der Waals surface area contributed by atoms with E-state index in [9.17, 15) is 4.79 Å². The van der Waals surface area contributed by atoms with Crippen molar-refractivity contribution in [2.45, 2.75) is 25.4 Å². The first-order valence-corrected chi connectivity index (χ1v) is 9.73. The maximum Gasteiger partial charge on any atom is 0.319 e. The maximum atomic E-state index is 12.3. The van der Waals surface area contributed by atoms with Crippen LogP contribution in [0.3, 0.4) is 0 Å². The number of H-pyrrole nitrogens is 1. The van der Waals surface area contributed by atoms with Crippen molar-refractivity contribution in [2.24, 2.45) is 0 Å². The average molecular weight is 379 g/mol. The molecule has 1 atom stereocenters. The molecule has 2 amide bonds. The minimum absolute atomic E-state index is 0.137. The fourth-order valence-corrected chi connectivity index (χ4v) is 3.47. The fourth-order valence-electron chi connectivity index (χ4n) is 3.47. The molecule has 0 aliphatic carbocycles. The Kier molecular flexibility index (Phi) is 5.77. The lowest BCUT2D eigenvalue weighted by Gasteiger charge is -2.15. The van der Waals surface area contributed by atoms with Crippen molar-refractivity contribution >= 4 is 22.6 Å². The number of amides is 2. The third-order valence-corrected chi connectivity index (χ3v) is 4.94. The van der Waals surface area contributed by atoms with E-state index in [4.69, 9.17) is 9.47 Å². The van der Waals surface area contributed by atoms with Gasteiger partial charge < -0.3 is 25.1 Å². The van der Waals surface area contributed by atoms with Crippen LogP contribution < -0.4 is 15.4 Å². The van der Waals surface area contributed by atoms with Crippen molar-refractivity contribution in [1.82, 2.24) is 10.3 Å². The van der Waals surface area contributed by atoms with Crippen LogP contribution in [0.2, 0.25) is 0 Å². The van der Waals surface area contributed by atoms with Gasteiger partial charge in [-0.25, -0.2) is 4.79 Å². The summed E-state index contributed by atoms with van der Waals surface area (Å²) in [6, 6.07) is 15.4. The number of ether oxygens (including phenoxy) is 2. The second kappa shape index (κ2) is 8.80. The average Bonchev–Trinajstić information content (AvgIpc) is 3.38. The van der Waals surface area contributed by atoms with E-state index >= 15 is 0 Å². The van der Waals surface area contributed by atoms with E-state index in [-0.39, 0.29) is 12.1 Å². The number of urea groups is 1. The highest BCUT2D eigenvalue weighted by Crippen LogP contribution is 2.25. The summed E-state index contributed by atoms with van der Waals surface area (Å²) in [5.41, 5.74) is 2.96. The van der Waals surface area contributed by atoms with E-state index < -0.39 is 0 Å². The third kappa shape index (κ3) is 4.46. The summed E-state index contributed by atoms with van der Waals surface area (Å²) in [4.78, 5) is 15.6. The maximum absolute atomic E-state index is 12.3. The molecule has 146 valence electrons. The fraction of sp³-hybridized carbons (Fsp3) is 0.318. The van der Waals surface area contributed by atoms with Gasteiger partial charge in [-0.3, -0.25) is 0 Å². The highest BCUT2D eigenvalue weighted by atomic mass is 16.5. The number of hydrogen-bond donors (Lipinski definition) is 3. The second-order valence-electron chi connectivity index (χ2n) is 6.93. The molecule has 2 heterocycles. The van der Waals surface area contributed by atoms with Crippen LogP contribution >= 0.6 is 0 Å². The summed E-state index contributed by atoms with van der Waals surface area (Å²) in [7, 11) is 0. The molecular formula is C22H25N3O3. The molecule has 6 heteroatoms. The zero-order valence-corrected chi connectivity index (χ0v) is 15.7. The molecule has 3 N–H and O–H groups in total. The Hall–Kier alpha value is -2.99. The van der Waals surface area contributed by atoms with Gasteiger partial charge in [0.25, 0.3) is 0 Å². The van der Waals surface area contributed by atoms with Gasteiger partial charge in [-0.05, 0) is 43.0 Å². The number of hydrogen-bond acceptors (Lipinski definition) is 3. The van der Waals surface area contributed by atoms with Crippen LogP contribution in [0.25, 0.3) is 10.9 Å². The van der Waals surface area contributed by atoms with Crippen LogP contribution in [0.1, 0.15) is 18.4 Å². The van der Waals surface area contributed by atoms with Crippen LogP contribution in [0, 0.1) is 0 Å². The molecule has 1 aliphatic heterocycles. The lowest BCUT2D eigenvalue weighted by molar-refractivity contribution is 0.0682. The van der Waals surface area contributed by atoms with Crippen LogP contribution in [-0.4, -0.2) is 36.9 Å². The zero-order valence-electron chi connectivity index (χ0n) is 15.7. The number of aromatic amines is 1. The molecule has 0 saturated carbocycles. The molecule has 28 heavy (non-hydrogen) atoms. The van der Waals surface area contributed by atoms with Crippen LogP contribution in [0.15, 0.2) is 54.7 Å². The normalized spacial score (nSPS) is 16.2. The van der Waals surface area contributed by atoms with Gasteiger partial charge in [-0.2, -0.15) is 0 Å². The van der Waals surface area contributed by atoms with Gasteiger partial charge in [0, 0.05) is 30.3 Å². The van der Waals surface area contributed by atoms with Gasteiger partial charge in [-0.1, -0.05) is 30.3 Å². The quantitative estimate of drug-likeness (QED) is 0.579. The van der Waals surface area contributed by atoms with Gasteiger partial charge in [0.2, 0.25) is 0 Å². The van der Waals surface area contributed by atoms with E-state index in [0.717, 1.165) is 31.4 Å². The first-order chi connectivity index (χ1) is 13.8. The molecule has 4 rings (SSSR count). The van der Waals surface area contributed by atoms with Crippen LogP contribution in [0.5, 0.6) is 5.75 Å². The van der Waals surface area contributed by atoms with Gasteiger partial charge >= 0.3 is 6.03 Å². The number of aromatic nitrogens is 1. The second-order valence-corrected chi connectivity index (χ2v) is 6.93. The molecule has 0 radical (unpaired) electrons. The predicted molar refractivity (Wildman–Crippen MR) is 110 cm³/mol. The van der Waals surface area contributed by atoms with Gasteiger partial charge in [-0.15, -0.1) is 0 Å². The van der Waals surface area contributed by atoms with Gasteiger partial charge in [0.1, 0.15) is 12.4 Å². The Morgan fingerprint density at radius 3 is 2.93 bits per heavy atom. The van der Waals surface area contributed by atoms with Crippen molar-refractivity contribution in [3.63, 3.8) is 0 Å². The molecule has 1 unspecified atom stereocenters. The number of benzene rings is 2. The molecule has 1 aliphatic rings. The van der Waals surface area contributed by atoms with Crippen molar-refractivity contribution in [2.75, 3.05) is 25.1 Å². The molecule has 0 spiro atoms. The molecule has 0 bridgehead atoms. The van der Waals surface area contributed by atoms with E-state index in [1.165, 1.54) is 10.9 Å². The summed E-state index contributed by atoms with van der Waals surface area (Å²) < 4.78 is 11.4. The Morgan fingerprint density at radius 2 is 2.04 bits per heavy atom. The lowest BCUT2D eigenvalue weighted by Crippen LogP contribution is -2.30. The van der Waals surface area contributed by atoms with E-state index in [1.54, 1.807) is 0 Å². The largest absolute Gasteiger partial charge is 0.489 e. The zero-order chi connectivity index (χ0) is 19.2. The molecule has 2 aromatic carbocycles. The Morgan fingerprint density at radius 1 is 1.18 bits per heavy atom.